The molecule has 0 aliphatic carbocycles. The SMILES string of the molecule is COc1cc(N2CCN(C(C)=O)C(C)(C)C2)ccc1N. The fraction of sp³-hybridized carbons (Fsp3) is 0.533. The summed E-state index contributed by atoms with van der Waals surface area (Å²) in [4.78, 5) is 15.9. The zero-order valence-corrected chi connectivity index (χ0v) is 12.6. The number of ether oxygens (including phenoxy) is 1. The van der Waals surface area contributed by atoms with E-state index in [2.05, 4.69) is 18.7 Å². The van der Waals surface area contributed by atoms with Gasteiger partial charge in [0.1, 0.15) is 5.75 Å². The van der Waals surface area contributed by atoms with Crippen molar-refractivity contribution in [1.29, 1.82) is 0 Å². The Kier molecular flexibility index (Phi) is 3.79. The van der Waals surface area contributed by atoms with Crippen molar-refractivity contribution in [2.45, 2.75) is 26.3 Å². The second-order valence-electron chi connectivity index (χ2n) is 5.83. The minimum Gasteiger partial charge on any atom is -0.495 e. The lowest BCUT2D eigenvalue weighted by Gasteiger charge is -2.47. The van der Waals surface area contributed by atoms with Crippen LogP contribution in [0.2, 0.25) is 0 Å². The maximum absolute atomic E-state index is 11.7. The van der Waals surface area contributed by atoms with Crippen LogP contribution >= 0.6 is 0 Å². The fourth-order valence-electron chi connectivity index (χ4n) is 2.86. The molecule has 0 aromatic heterocycles. The predicted molar refractivity (Wildman–Crippen MR) is 81.1 cm³/mol. The van der Waals surface area contributed by atoms with Crippen LogP contribution in [0.1, 0.15) is 20.8 Å². The Morgan fingerprint density at radius 1 is 1.35 bits per heavy atom. The summed E-state index contributed by atoms with van der Waals surface area (Å²) in [6, 6.07) is 5.81. The highest BCUT2D eigenvalue weighted by molar-refractivity contribution is 5.75. The van der Waals surface area contributed by atoms with Crippen molar-refractivity contribution in [1.82, 2.24) is 4.90 Å². The normalized spacial score (nSPS) is 18.0. The third kappa shape index (κ3) is 2.66. The molecule has 20 heavy (non-hydrogen) atoms. The van der Waals surface area contributed by atoms with Crippen LogP contribution in [0.3, 0.4) is 0 Å². The molecule has 2 rings (SSSR count). The predicted octanol–water partition coefficient (Wildman–Crippen LogP) is 1.72. The number of carbonyl (C=O) groups excluding carboxylic acids is 1. The number of anilines is 2. The summed E-state index contributed by atoms with van der Waals surface area (Å²) >= 11 is 0. The Hall–Kier alpha value is -1.91. The van der Waals surface area contributed by atoms with Gasteiger partial charge in [0.15, 0.2) is 0 Å². The molecule has 1 amide bonds. The van der Waals surface area contributed by atoms with E-state index in [0.717, 1.165) is 25.3 Å². The average Bonchev–Trinajstić information content (AvgIpc) is 2.37. The van der Waals surface area contributed by atoms with E-state index in [-0.39, 0.29) is 11.4 Å². The largest absolute Gasteiger partial charge is 0.495 e. The molecule has 1 aliphatic heterocycles. The molecule has 5 heteroatoms. The third-order valence-corrected chi connectivity index (χ3v) is 3.86. The van der Waals surface area contributed by atoms with Crippen LogP contribution in [0.25, 0.3) is 0 Å². The number of nitrogens with zero attached hydrogens (tertiary/aromatic N) is 2. The maximum atomic E-state index is 11.7. The molecule has 0 unspecified atom stereocenters. The van der Waals surface area contributed by atoms with Crippen molar-refractivity contribution < 1.29 is 9.53 Å². The summed E-state index contributed by atoms with van der Waals surface area (Å²) in [6.45, 7) is 8.15. The molecule has 1 aromatic rings. The molecular formula is C15H23N3O2. The van der Waals surface area contributed by atoms with Gasteiger partial charge in [0.05, 0.1) is 18.3 Å². The summed E-state index contributed by atoms with van der Waals surface area (Å²) in [6.07, 6.45) is 0. The number of piperazine rings is 1. The van der Waals surface area contributed by atoms with E-state index in [1.807, 2.05) is 23.1 Å². The number of amides is 1. The number of rotatable bonds is 2. The van der Waals surface area contributed by atoms with Crippen molar-refractivity contribution in [2.75, 3.05) is 37.4 Å². The number of methoxy groups -OCH3 is 1. The molecule has 1 fully saturated rings. The summed E-state index contributed by atoms with van der Waals surface area (Å²) in [7, 11) is 1.62. The number of nitrogen functional groups attached to an aromatic ring is 1. The first-order valence-corrected chi connectivity index (χ1v) is 6.82. The van der Waals surface area contributed by atoms with Crippen LogP contribution in [-0.2, 0) is 4.79 Å². The first-order chi connectivity index (χ1) is 9.35. The van der Waals surface area contributed by atoms with Crippen LogP contribution in [-0.4, -0.2) is 43.1 Å². The van der Waals surface area contributed by atoms with Crippen LogP contribution < -0.4 is 15.4 Å². The van der Waals surface area contributed by atoms with Crippen molar-refractivity contribution in [3.8, 4) is 5.75 Å². The second kappa shape index (κ2) is 5.23. The van der Waals surface area contributed by atoms with Gasteiger partial charge in [-0.1, -0.05) is 0 Å². The highest BCUT2D eigenvalue weighted by atomic mass is 16.5. The summed E-state index contributed by atoms with van der Waals surface area (Å²) in [5.41, 5.74) is 7.38. The highest BCUT2D eigenvalue weighted by Gasteiger charge is 2.35. The molecular weight excluding hydrogens is 254 g/mol. The van der Waals surface area contributed by atoms with Gasteiger partial charge in [-0.15, -0.1) is 0 Å². The lowest BCUT2D eigenvalue weighted by molar-refractivity contribution is -0.134. The molecule has 1 heterocycles. The van der Waals surface area contributed by atoms with Crippen molar-refractivity contribution in [3.05, 3.63) is 18.2 Å². The van der Waals surface area contributed by atoms with Crippen LogP contribution in [0, 0.1) is 0 Å². The topological polar surface area (TPSA) is 58.8 Å². The van der Waals surface area contributed by atoms with E-state index in [0.29, 0.717) is 11.4 Å². The van der Waals surface area contributed by atoms with Crippen molar-refractivity contribution in [3.63, 3.8) is 0 Å². The summed E-state index contributed by atoms with van der Waals surface area (Å²) < 4.78 is 5.27. The van der Waals surface area contributed by atoms with E-state index in [4.69, 9.17) is 10.5 Å². The highest BCUT2D eigenvalue weighted by Crippen LogP contribution is 2.31. The number of benzene rings is 1. The van der Waals surface area contributed by atoms with Gasteiger partial charge in [-0.05, 0) is 26.0 Å². The van der Waals surface area contributed by atoms with Gasteiger partial charge in [-0.25, -0.2) is 0 Å². The Morgan fingerprint density at radius 3 is 2.60 bits per heavy atom. The van der Waals surface area contributed by atoms with Gasteiger partial charge < -0.3 is 20.3 Å². The molecule has 2 N–H and O–H groups in total. The van der Waals surface area contributed by atoms with Crippen LogP contribution in [0.4, 0.5) is 11.4 Å². The first-order valence-electron chi connectivity index (χ1n) is 6.82. The average molecular weight is 277 g/mol. The molecule has 1 aliphatic rings. The first kappa shape index (κ1) is 14.5. The monoisotopic (exact) mass is 277 g/mol. The van der Waals surface area contributed by atoms with E-state index in [9.17, 15) is 4.79 Å². The Labute approximate surface area is 120 Å². The molecule has 0 atom stereocenters. The van der Waals surface area contributed by atoms with E-state index < -0.39 is 0 Å². The zero-order chi connectivity index (χ0) is 14.9. The smallest absolute Gasteiger partial charge is 0.220 e. The Morgan fingerprint density at radius 2 is 2.05 bits per heavy atom. The van der Waals surface area contributed by atoms with Gasteiger partial charge in [0.25, 0.3) is 0 Å². The number of hydrogen-bond donors (Lipinski definition) is 1. The zero-order valence-electron chi connectivity index (χ0n) is 12.6. The van der Waals surface area contributed by atoms with Crippen molar-refractivity contribution in [2.24, 2.45) is 0 Å². The lowest BCUT2D eigenvalue weighted by Crippen LogP contribution is -2.60. The standard InChI is InChI=1S/C15H23N3O2/c1-11(19)18-8-7-17(10-15(18,2)3)12-5-6-13(16)14(9-12)20-4/h5-6,9H,7-8,10,16H2,1-4H3. The minimum absolute atomic E-state index is 0.129. The van der Waals surface area contributed by atoms with E-state index in [1.165, 1.54) is 0 Å². The van der Waals surface area contributed by atoms with Gasteiger partial charge in [0, 0.05) is 38.3 Å². The number of carbonyl (C=O) groups is 1. The van der Waals surface area contributed by atoms with Gasteiger partial charge in [-0.3, -0.25) is 4.79 Å². The molecule has 0 radical (unpaired) electrons. The van der Waals surface area contributed by atoms with Crippen LogP contribution in [0.5, 0.6) is 5.75 Å². The van der Waals surface area contributed by atoms with E-state index >= 15 is 0 Å². The Balaban J connectivity index is 2.22. The number of nitrogens with two attached hydrogens (primary N) is 1. The second-order valence-corrected chi connectivity index (χ2v) is 5.83. The fourth-order valence-corrected chi connectivity index (χ4v) is 2.86. The molecule has 0 spiro atoms. The third-order valence-electron chi connectivity index (χ3n) is 3.86. The number of hydrogen-bond acceptors (Lipinski definition) is 4. The molecule has 0 bridgehead atoms. The van der Waals surface area contributed by atoms with Gasteiger partial charge in [0.2, 0.25) is 5.91 Å². The lowest BCUT2D eigenvalue weighted by atomic mass is 9.98. The molecule has 5 nitrogen and oxygen atoms in total. The maximum Gasteiger partial charge on any atom is 0.220 e. The van der Waals surface area contributed by atoms with Gasteiger partial charge in [-0.2, -0.15) is 0 Å². The van der Waals surface area contributed by atoms with Crippen LogP contribution in [0.15, 0.2) is 18.2 Å². The molecule has 1 aromatic carbocycles. The molecule has 1 saturated heterocycles. The quantitative estimate of drug-likeness (QED) is 0.836. The summed E-state index contributed by atoms with van der Waals surface area (Å²) in [5, 5.41) is 0. The summed E-state index contributed by atoms with van der Waals surface area (Å²) in [5.74, 6) is 0.818. The Bertz CT molecular complexity index is 514. The molecule has 110 valence electrons. The minimum atomic E-state index is -0.182. The van der Waals surface area contributed by atoms with Gasteiger partial charge >= 0.3 is 0 Å². The molecule has 0 saturated carbocycles. The van der Waals surface area contributed by atoms with Crippen molar-refractivity contribution >= 4 is 17.3 Å². The van der Waals surface area contributed by atoms with E-state index in [1.54, 1.807) is 14.0 Å².